The zero-order valence-corrected chi connectivity index (χ0v) is 13.4. The quantitative estimate of drug-likeness (QED) is 0.351. The summed E-state index contributed by atoms with van der Waals surface area (Å²) in [5.74, 6) is -0.00421. The number of rotatable bonds is 5. The fourth-order valence-corrected chi connectivity index (χ4v) is 2.31. The van der Waals surface area contributed by atoms with Crippen LogP contribution < -0.4 is 9.47 Å². The molecule has 4 nitrogen and oxygen atoms in total. The van der Waals surface area contributed by atoms with Gasteiger partial charge in [-0.25, -0.2) is 4.79 Å². The highest BCUT2D eigenvalue weighted by Gasteiger charge is 2.14. The third-order valence-electron chi connectivity index (χ3n) is 2.80. The summed E-state index contributed by atoms with van der Waals surface area (Å²) in [6, 6.07) is 12.5. The van der Waals surface area contributed by atoms with Crippen LogP contribution in [0.1, 0.15) is 15.9 Å². The van der Waals surface area contributed by atoms with Gasteiger partial charge in [-0.15, -0.1) is 0 Å². The minimum atomic E-state index is -0.540. The standard InChI is InChI=1S/C17H13BrO4/c1-21-15-10-13(11-19)9-14(18)17(15)22-16(20)8-7-12-5-3-2-4-6-12/h2-11H,1H3/b8-7+. The first-order valence-corrected chi connectivity index (χ1v) is 7.21. The molecule has 0 N–H and O–H groups in total. The van der Waals surface area contributed by atoms with Crippen LogP contribution in [0.5, 0.6) is 11.5 Å². The number of halogens is 1. The Balaban J connectivity index is 2.18. The van der Waals surface area contributed by atoms with Crippen LogP contribution in [0, 0.1) is 0 Å². The number of hydrogen-bond acceptors (Lipinski definition) is 4. The van der Waals surface area contributed by atoms with E-state index in [1.54, 1.807) is 12.1 Å². The third kappa shape index (κ3) is 4.05. The van der Waals surface area contributed by atoms with Crippen molar-refractivity contribution >= 4 is 34.3 Å². The minimum absolute atomic E-state index is 0.232. The van der Waals surface area contributed by atoms with Crippen LogP contribution in [0.2, 0.25) is 0 Å². The van der Waals surface area contributed by atoms with Gasteiger partial charge in [-0.2, -0.15) is 0 Å². The van der Waals surface area contributed by atoms with E-state index in [1.165, 1.54) is 19.3 Å². The average molecular weight is 361 g/mol. The summed E-state index contributed by atoms with van der Waals surface area (Å²) in [6.45, 7) is 0. The van der Waals surface area contributed by atoms with Crippen molar-refractivity contribution in [3.63, 3.8) is 0 Å². The number of esters is 1. The van der Waals surface area contributed by atoms with Gasteiger partial charge in [-0.3, -0.25) is 4.79 Å². The normalized spacial score (nSPS) is 10.5. The van der Waals surface area contributed by atoms with E-state index in [4.69, 9.17) is 9.47 Å². The lowest BCUT2D eigenvalue weighted by atomic mass is 10.2. The third-order valence-corrected chi connectivity index (χ3v) is 3.39. The summed E-state index contributed by atoms with van der Waals surface area (Å²) < 4.78 is 10.9. The molecule has 0 aliphatic heterocycles. The number of ether oxygens (including phenoxy) is 2. The number of methoxy groups -OCH3 is 1. The van der Waals surface area contributed by atoms with E-state index in [0.29, 0.717) is 22.1 Å². The zero-order chi connectivity index (χ0) is 15.9. The molecule has 0 aliphatic rings. The first-order valence-electron chi connectivity index (χ1n) is 6.41. The van der Waals surface area contributed by atoms with Crippen molar-refractivity contribution in [1.82, 2.24) is 0 Å². The maximum absolute atomic E-state index is 11.9. The maximum atomic E-state index is 11.9. The second kappa shape index (κ2) is 7.56. The Morgan fingerprint density at radius 2 is 1.86 bits per heavy atom. The van der Waals surface area contributed by atoms with E-state index in [0.717, 1.165) is 5.56 Å². The van der Waals surface area contributed by atoms with E-state index in [-0.39, 0.29) is 5.75 Å². The Labute approximate surface area is 136 Å². The first kappa shape index (κ1) is 16.0. The molecule has 0 bridgehead atoms. The molecule has 2 rings (SSSR count). The fourth-order valence-electron chi connectivity index (χ4n) is 1.77. The molecular weight excluding hydrogens is 348 g/mol. The van der Waals surface area contributed by atoms with Gasteiger partial charge in [-0.05, 0) is 39.7 Å². The van der Waals surface area contributed by atoms with E-state index in [2.05, 4.69) is 15.9 Å². The molecule has 0 saturated carbocycles. The number of carbonyl (C=O) groups excluding carboxylic acids is 2. The van der Waals surface area contributed by atoms with Crippen molar-refractivity contribution in [2.45, 2.75) is 0 Å². The molecule has 22 heavy (non-hydrogen) atoms. The molecule has 0 amide bonds. The topological polar surface area (TPSA) is 52.6 Å². The highest BCUT2D eigenvalue weighted by atomic mass is 79.9. The largest absolute Gasteiger partial charge is 0.493 e. The molecule has 2 aromatic rings. The van der Waals surface area contributed by atoms with Crippen LogP contribution in [-0.2, 0) is 4.79 Å². The minimum Gasteiger partial charge on any atom is -0.493 e. The molecule has 5 heteroatoms. The lowest BCUT2D eigenvalue weighted by Gasteiger charge is -2.10. The van der Waals surface area contributed by atoms with Gasteiger partial charge in [0.25, 0.3) is 0 Å². The lowest BCUT2D eigenvalue weighted by molar-refractivity contribution is -0.129. The zero-order valence-electron chi connectivity index (χ0n) is 11.8. The predicted molar refractivity (Wildman–Crippen MR) is 87.2 cm³/mol. The number of benzene rings is 2. The Kier molecular flexibility index (Phi) is 5.49. The maximum Gasteiger partial charge on any atom is 0.336 e. The van der Waals surface area contributed by atoms with Crippen LogP contribution in [0.15, 0.2) is 53.0 Å². The summed E-state index contributed by atoms with van der Waals surface area (Å²) in [5, 5.41) is 0. The Morgan fingerprint density at radius 1 is 1.14 bits per heavy atom. The smallest absolute Gasteiger partial charge is 0.336 e. The molecule has 0 heterocycles. The van der Waals surface area contributed by atoms with Crippen LogP contribution in [0.25, 0.3) is 6.08 Å². The molecular formula is C17H13BrO4. The highest BCUT2D eigenvalue weighted by molar-refractivity contribution is 9.10. The monoisotopic (exact) mass is 360 g/mol. The van der Waals surface area contributed by atoms with Gasteiger partial charge in [0.1, 0.15) is 6.29 Å². The molecule has 0 spiro atoms. The molecule has 0 aliphatic carbocycles. The van der Waals surface area contributed by atoms with Crippen molar-refractivity contribution in [3.8, 4) is 11.5 Å². The number of carbonyl (C=O) groups is 2. The summed E-state index contributed by atoms with van der Waals surface area (Å²) in [7, 11) is 1.44. The molecule has 0 saturated heterocycles. The van der Waals surface area contributed by atoms with Gasteiger partial charge < -0.3 is 9.47 Å². The molecule has 0 atom stereocenters. The van der Waals surface area contributed by atoms with Gasteiger partial charge in [0.15, 0.2) is 11.5 Å². The van der Waals surface area contributed by atoms with Gasteiger partial charge in [0.2, 0.25) is 0 Å². The number of aldehydes is 1. The summed E-state index contributed by atoms with van der Waals surface area (Å²) >= 11 is 3.26. The molecule has 0 fully saturated rings. The summed E-state index contributed by atoms with van der Waals surface area (Å²) in [5.41, 5.74) is 1.31. The van der Waals surface area contributed by atoms with Crippen molar-refractivity contribution < 1.29 is 19.1 Å². The van der Waals surface area contributed by atoms with Gasteiger partial charge in [-0.1, -0.05) is 30.3 Å². The SMILES string of the molecule is COc1cc(C=O)cc(Br)c1OC(=O)/C=C/c1ccccc1. The first-order chi connectivity index (χ1) is 10.6. The molecule has 0 radical (unpaired) electrons. The second-order valence-corrected chi connectivity index (χ2v) is 5.17. The van der Waals surface area contributed by atoms with E-state index >= 15 is 0 Å². The van der Waals surface area contributed by atoms with E-state index in [1.807, 2.05) is 30.3 Å². The van der Waals surface area contributed by atoms with Crippen LogP contribution in [0.4, 0.5) is 0 Å². The summed E-state index contributed by atoms with van der Waals surface area (Å²) in [6.07, 6.45) is 3.67. The molecule has 0 aromatic heterocycles. The average Bonchev–Trinajstić information content (AvgIpc) is 2.55. The number of hydrogen-bond donors (Lipinski definition) is 0. The van der Waals surface area contributed by atoms with Crippen molar-refractivity contribution in [3.05, 3.63) is 64.1 Å². The van der Waals surface area contributed by atoms with E-state index < -0.39 is 5.97 Å². The lowest BCUT2D eigenvalue weighted by Crippen LogP contribution is -2.06. The highest BCUT2D eigenvalue weighted by Crippen LogP contribution is 2.36. The van der Waals surface area contributed by atoms with Crippen molar-refractivity contribution in [2.24, 2.45) is 0 Å². The Morgan fingerprint density at radius 3 is 2.50 bits per heavy atom. The van der Waals surface area contributed by atoms with E-state index in [9.17, 15) is 9.59 Å². The Bertz CT molecular complexity index is 708. The van der Waals surface area contributed by atoms with Crippen LogP contribution >= 0.6 is 15.9 Å². The van der Waals surface area contributed by atoms with Crippen LogP contribution in [0.3, 0.4) is 0 Å². The fraction of sp³-hybridized carbons (Fsp3) is 0.0588. The predicted octanol–water partition coefficient (Wildman–Crippen LogP) is 3.89. The second-order valence-electron chi connectivity index (χ2n) is 4.32. The van der Waals surface area contributed by atoms with Gasteiger partial charge >= 0.3 is 5.97 Å². The molecule has 0 unspecified atom stereocenters. The van der Waals surface area contributed by atoms with Crippen molar-refractivity contribution in [2.75, 3.05) is 7.11 Å². The van der Waals surface area contributed by atoms with Crippen molar-refractivity contribution in [1.29, 1.82) is 0 Å². The molecule has 112 valence electrons. The van der Waals surface area contributed by atoms with Crippen LogP contribution in [-0.4, -0.2) is 19.4 Å². The van der Waals surface area contributed by atoms with Gasteiger partial charge in [0.05, 0.1) is 11.6 Å². The van der Waals surface area contributed by atoms with Gasteiger partial charge in [0, 0.05) is 11.6 Å². The Hall–Kier alpha value is -2.40. The summed E-state index contributed by atoms with van der Waals surface area (Å²) in [4.78, 5) is 22.7. The molecule has 2 aromatic carbocycles.